The molecular formula is C13H8Cl2N4O2. The summed E-state index contributed by atoms with van der Waals surface area (Å²) in [5.74, 6) is 0.123. The molecule has 0 spiro atoms. The zero-order valence-corrected chi connectivity index (χ0v) is 12.2. The van der Waals surface area contributed by atoms with Crippen LogP contribution in [0.15, 0.2) is 28.7 Å². The van der Waals surface area contributed by atoms with Gasteiger partial charge in [-0.25, -0.2) is 4.98 Å². The lowest BCUT2D eigenvalue weighted by molar-refractivity contribution is 0.102. The van der Waals surface area contributed by atoms with Crippen molar-refractivity contribution in [3.8, 4) is 0 Å². The van der Waals surface area contributed by atoms with Crippen LogP contribution in [0, 0.1) is 6.92 Å². The van der Waals surface area contributed by atoms with Gasteiger partial charge in [-0.1, -0.05) is 23.2 Å². The third kappa shape index (κ3) is 2.81. The Kier molecular flexibility index (Phi) is 3.48. The minimum Gasteiger partial charge on any atom is -0.441 e. The van der Waals surface area contributed by atoms with Gasteiger partial charge in [0.25, 0.3) is 5.91 Å². The van der Waals surface area contributed by atoms with E-state index < -0.39 is 5.91 Å². The molecule has 0 fully saturated rings. The predicted molar refractivity (Wildman–Crippen MR) is 78.8 cm³/mol. The molecule has 1 aromatic carbocycles. The number of nitrogens with zero attached hydrogens (tertiary/aromatic N) is 3. The van der Waals surface area contributed by atoms with E-state index in [9.17, 15) is 4.79 Å². The summed E-state index contributed by atoms with van der Waals surface area (Å²) in [7, 11) is 0. The second-order valence-electron chi connectivity index (χ2n) is 4.24. The fraction of sp³-hybridized carbons (Fsp3) is 0.0769. The van der Waals surface area contributed by atoms with Crippen molar-refractivity contribution in [2.45, 2.75) is 6.92 Å². The molecule has 21 heavy (non-hydrogen) atoms. The minimum absolute atomic E-state index is 0.0183. The van der Waals surface area contributed by atoms with Crippen LogP contribution in [0.3, 0.4) is 0 Å². The van der Waals surface area contributed by atoms with Crippen molar-refractivity contribution in [3.05, 3.63) is 46.0 Å². The number of carbonyl (C=O) groups excluding carboxylic acids is 1. The minimum atomic E-state index is -0.434. The molecule has 0 aliphatic heterocycles. The Morgan fingerprint density at radius 1 is 1.24 bits per heavy atom. The highest BCUT2D eigenvalue weighted by Gasteiger charge is 2.14. The van der Waals surface area contributed by atoms with E-state index in [2.05, 4.69) is 20.5 Å². The van der Waals surface area contributed by atoms with E-state index in [0.717, 1.165) is 0 Å². The monoisotopic (exact) mass is 322 g/mol. The third-order valence-corrected chi connectivity index (χ3v) is 3.18. The molecule has 0 radical (unpaired) electrons. The van der Waals surface area contributed by atoms with Crippen LogP contribution in [0.2, 0.25) is 10.3 Å². The van der Waals surface area contributed by atoms with Crippen molar-refractivity contribution in [3.63, 3.8) is 0 Å². The Labute approximate surface area is 129 Å². The van der Waals surface area contributed by atoms with Gasteiger partial charge in [-0.05, 0) is 24.3 Å². The van der Waals surface area contributed by atoms with Gasteiger partial charge in [0.2, 0.25) is 0 Å². The van der Waals surface area contributed by atoms with Crippen molar-refractivity contribution in [2.24, 2.45) is 0 Å². The number of aromatic nitrogens is 3. The number of nitrogens with one attached hydrogen (secondary N) is 1. The normalized spacial score (nSPS) is 10.8. The zero-order chi connectivity index (χ0) is 15.0. The maximum absolute atomic E-state index is 12.2. The first-order valence-corrected chi connectivity index (χ1v) is 6.66. The highest BCUT2D eigenvalue weighted by molar-refractivity contribution is 6.34. The molecule has 3 aromatic rings. The van der Waals surface area contributed by atoms with Crippen LogP contribution in [0.25, 0.3) is 11.1 Å². The van der Waals surface area contributed by atoms with Gasteiger partial charge in [-0.2, -0.15) is 0 Å². The van der Waals surface area contributed by atoms with Gasteiger partial charge in [0.1, 0.15) is 5.52 Å². The van der Waals surface area contributed by atoms with Crippen molar-refractivity contribution >= 4 is 45.9 Å². The maximum Gasteiger partial charge on any atom is 0.258 e. The van der Waals surface area contributed by atoms with Crippen molar-refractivity contribution in [1.82, 2.24) is 15.2 Å². The zero-order valence-electron chi connectivity index (χ0n) is 10.7. The number of fused-ring (bicyclic) bond motifs is 1. The van der Waals surface area contributed by atoms with E-state index in [4.69, 9.17) is 27.6 Å². The van der Waals surface area contributed by atoms with E-state index in [0.29, 0.717) is 22.7 Å². The van der Waals surface area contributed by atoms with Crippen LogP contribution in [-0.2, 0) is 0 Å². The summed E-state index contributed by atoms with van der Waals surface area (Å²) >= 11 is 11.5. The fourth-order valence-electron chi connectivity index (χ4n) is 1.83. The summed E-state index contributed by atoms with van der Waals surface area (Å²) in [6.45, 7) is 1.75. The number of halogens is 2. The molecule has 0 atom stereocenters. The van der Waals surface area contributed by atoms with E-state index >= 15 is 0 Å². The van der Waals surface area contributed by atoms with Crippen molar-refractivity contribution in [2.75, 3.05) is 5.32 Å². The average molecular weight is 323 g/mol. The van der Waals surface area contributed by atoms with Crippen LogP contribution >= 0.6 is 23.2 Å². The van der Waals surface area contributed by atoms with E-state index in [1.54, 1.807) is 25.1 Å². The van der Waals surface area contributed by atoms with Crippen LogP contribution < -0.4 is 5.32 Å². The number of rotatable bonds is 2. The van der Waals surface area contributed by atoms with Gasteiger partial charge in [0.15, 0.2) is 21.8 Å². The largest absolute Gasteiger partial charge is 0.441 e. The quantitative estimate of drug-likeness (QED) is 0.781. The lowest BCUT2D eigenvalue weighted by Gasteiger charge is -2.05. The summed E-state index contributed by atoms with van der Waals surface area (Å²) in [6.07, 6.45) is 0. The van der Waals surface area contributed by atoms with Crippen molar-refractivity contribution in [1.29, 1.82) is 0 Å². The molecule has 1 N–H and O–H groups in total. The highest BCUT2D eigenvalue weighted by atomic mass is 35.5. The van der Waals surface area contributed by atoms with Gasteiger partial charge in [-0.3, -0.25) is 4.79 Å². The lowest BCUT2D eigenvalue weighted by atomic mass is 10.2. The Bertz CT molecular complexity index is 847. The summed E-state index contributed by atoms with van der Waals surface area (Å²) in [5, 5.41) is 9.91. The van der Waals surface area contributed by atoms with Gasteiger partial charge in [0, 0.05) is 12.6 Å². The standard InChI is InChI=1S/C13H8Cl2N4O2/c1-6-16-9-4-7(2-3-10(9)21-6)17-13(20)8-5-11(14)18-19-12(8)15/h2-5H,1H3,(H,17,20). The lowest BCUT2D eigenvalue weighted by Crippen LogP contribution is -2.13. The number of carbonyl (C=O) groups is 1. The van der Waals surface area contributed by atoms with Gasteiger partial charge < -0.3 is 9.73 Å². The van der Waals surface area contributed by atoms with Crippen molar-refractivity contribution < 1.29 is 9.21 Å². The first-order valence-electron chi connectivity index (χ1n) is 5.90. The molecule has 8 heteroatoms. The Balaban J connectivity index is 1.90. The molecule has 0 aliphatic rings. The molecule has 0 saturated carbocycles. The molecule has 0 saturated heterocycles. The molecular weight excluding hydrogens is 315 g/mol. The first-order chi connectivity index (χ1) is 10.0. The Morgan fingerprint density at radius 2 is 2.05 bits per heavy atom. The number of hydrogen-bond acceptors (Lipinski definition) is 5. The fourth-order valence-corrected chi connectivity index (χ4v) is 2.16. The molecule has 6 nitrogen and oxygen atoms in total. The maximum atomic E-state index is 12.2. The number of oxazole rings is 1. The number of benzene rings is 1. The molecule has 0 aliphatic carbocycles. The van der Waals surface area contributed by atoms with E-state index in [1.807, 2.05) is 0 Å². The predicted octanol–water partition coefficient (Wildman–Crippen LogP) is 3.49. The topological polar surface area (TPSA) is 80.9 Å². The summed E-state index contributed by atoms with van der Waals surface area (Å²) in [6, 6.07) is 6.48. The Hall–Kier alpha value is -2.18. The molecule has 2 heterocycles. The van der Waals surface area contributed by atoms with E-state index in [1.165, 1.54) is 6.07 Å². The molecule has 0 unspecified atom stereocenters. The van der Waals surface area contributed by atoms with Crippen LogP contribution in [0.4, 0.5) is 5.69 Å². The first kappa shape index (κ1) is 13.8. The number of hydrogen-bond donors (Lipinski definition) is 1. The number of amides is 1. The summed E-state index contributed by atoms with van der Waals surface area (Å²) in [5.41, 5.74) is 2.01. The average Bonchev–Trinajstić information content (AvgIpc) is 2.80. The molecule has 0 bridgehead atoms. The SMILES string of the molecule is Cc1nc2cc(NC(=O)c3cc(Cl)nnc3Cl)ccc2o1. The second kappa shape index (κ2) is 5.31. The molecule has 106 valence electrons. The van der Waals surface area contributed by atoms with Crippen LogP contribution in [0.5, 0.6) is 0 Å². The van der Waals surface area contributed by atoms with Crippen LogP contribution in [-0.4, -0.2) is 21.1 Å². The second-order valence-corrected chi connectivity index (χ2v) is 4.99. The number of aryl methyl sites for hydroxylation is 1. The van der Waals surface area contributed by atoms with Gasteiger partial charge >= 0.3 is 0 Å². The van der Waals surface area contributed by atoms with E-state index in [-0.39, 0.29) is 15.9 Å². The van der Waals surface area contributed by atoms with Crippen LogP contribution in [0.1, 0.15) is 16.2 Å². The molecule has 2 aromatic heterocycles. The summed E-state index contributed by atoms with van der Waals surface area (Å²) in [4.78, 5) is 16.4. The Morgan fingerprint density at radius 3 is 2.86 bits per heavy atom. The molecule has 3 rings (SSSR count). The summed E-state index contributed by atoms with van der Waals surface area (Å²) < 4.78 is 5.37. The van der Waals surface area contributed by atoms with Gasteiger partial charge in [0.05, 0.1) is 5.56 Å². The van der Waals surface area contributed by atoms with Gasteiger partial charge in [-0.15, -0.1) is 10.2 Å². The highest BCUT2D eigenvalue weighted by Crippen LogP contribution is 2.21. The third-order valence-electron chi connectivity index (χ3n) is 2.72. The molecule has 1 amide bonds. The number of anilines is 1. The smallest absolute Gasteiger partial charge is 0.258 e.